The van der Waals surface area contributed by atoms with Crippen molar-refractivity contribution in [1.82, 2.24) is 15.2 Å². The minimum absolute atomic E-state index is 0.601. The molecular formula is C13H23N3S. The summed E-state index contributed by atoms with van der Waals surface area (Å²) in [5, 5.41) is 6.87. The number of hydrogen-bond donors (Lipinski definition) is 1. The Labute approximate surface area is 108 Å². The van der Waals surface area contributed by atoms with Crippen LogP contribution in [0.3, 0.4) is 0 Å². The molecule has 4 heteroatoms. The molecule has 0 radical (unpaired) electrons. The van der Waals surface area contributed by atoms with E-state index < -0.39 is 0 Å². The SMILES string of the molecule is CC(C)NCC1CCCN(Cc2nccs2)C1. The summed E-state index contributed by atoms with van der Waals surface area (Å²) in [6.45, 7) is 9.09. The van der Waals surface area contributed by atoms with Gasteiger partial charge in [0.25, 0.3) is 0 Å². The Morgan fingerprint density at radius 1 is 1.59 bits per heavy atom. The van der Waals surface area contributed by atoms with Gasteiger partial charge in [-0.15, -0.1) is 11.3 Å². The molecule has 1 aromatic heterocycles. The molecule has 0 spiro atoms. The fraction of sp³-hybridized carbons (Fsp3) is 0.769. The summed E-state index contributed by atoms with van der Waals surface area (Å²) in [5.74, 6) is 0.811. The van der Waals surface area contributed by atoms with Crippen LogP contribution in [-0.2, 0) is 6.54 Å². The lowest BCUT2D eigenvalue weighted by atomic mass is 9.98. The molecule has 1 aliphatic rings. The number of thiazole rings is 1. The van der Waals surface area contributed by atoms with Gasteiger partial charge in [0.1, 0.15) is 5.01 Å². The minimum Gasteiger partial charge on any atom is -0.314 e. The van der Waals surface area contributed by atoms with E-state index in [2.05, 4.69) is 34.4 Å². The predicted molar refractivity (Wildman–Crippen MR) is 73.3 cm³/mol. The van der Waals surface area contributed by atoms with Gasteiger partial charge in [-0.1, -0.05) is 13.8 Å². The van der Waals surface area contributed by atoms with E-state index in [0.29, 0.717) is 6.04 Å². The molecule has 0 saturated carbocycles. The minimum atomic E-state index is 0.601. The molecule has 1 aliphatic heterocycles. The van der Waals surface area contributed by atoms with Gasteiger partial charge in [0.2, 0.25) is 0 Å². The Balaban J connectivity index is 1.76. The third-order valence-corrected chi connectivity index (χ3v) is 4.02. The van der Waals surface area contributed by atoms with Crippen LogP contribution in [0.4, 0.5) is 0 Å². The fourth-order valence-electron chi connectivity index (χ4n) is 2.39. The summed E-state index contributed by atoms with van der Waals surface area (Å²) in [4.78, 5) is 6.92. The summed E-state index contributed by atoms with van der Waals surface area (Å²) in [6, 6.07) is 0.601. The molecular weight excluding hydrogens is 230 g/mol. The van der Waals surface area contributed by atoms with Crippen LogP contribution in [-0.4, -0.2) is 35.6 Å². The smallest absolute Gasteiger partial charge is 0.107 e. The van der Waals surface area contributed by atoms with E-state index in [1.807, 2.05) is 6.20 Å². The van der Waals surface area contributed by atoms with Crippen LogP contribution in [0.5, 0.6) is 0 Å². The number of nitrogens with zero attached hydrogens (tertiary/aromatic N) is 2. The summed E-state index contributed by atoms with van der Waals surface area (Å²) in [7, 11) is 0. The Hall–Kier alpha value is -0.450. The summed E-state index contributed by atoms with van der Waals surface area (Å²) in [5.41, 5.74) is 0. The lowest BCUT2D eigenvalue weighted by Crippen LogP contribution is -2.40. The molecule has 17 heavy (non-hydrogen) atoms. The molecule has 1 unspecified atom stereocenters. The van der Waals surface area contributed by atoms with Gasteiger partial charge in [0.05, 0.1) is 6.54 Å². The van der Waals surface area contributed by atoms with Crippen molar-refractivity contribution in [3.8, 4) is 0 Å². The van der Waals surface area contributed by atoms with Crippen molar-refractivity contribution in [2.75, 3.05) is 19.6 Å². The van der Waals surface area contributed by atoms with E-state index >= 15 is 0 Å². The molecule has 3 nitrogen and oxygen atoms in total. The van der Waals surface area contributed by atoms with Crippen LogP contribution in [0.15, 0.2) is 11.6 Å². The van der Waals surface area contributed by atoms with E-state index in [1.165, 1.54) is 30.9 Å². The summed E-state index contributed by atoms with van der Waals surface area (Å²) >= 11 is 1.77. The topological polar surface area (TPSA) is 28.2 Å². The van der Waals surface area contributed by atoms with E-state index in [4.69, 9.17) is 0 Å². The second kappa shape index (κ2) is 6.47. The highest BCUT2D eigenvalue weighted by atomic mass is 32.1. The Bertz CT molecular complexity index is 310. The van der Waals surface area contributed by atoms with Crippen molar-refractivity contribution in [2.45, 2.75) is 39.3 Å². The van der Waals surface area contributed by atoms with Crippen molar-refractivity contribution < 1.29 is 0 Å². The molecule has 1 atom stereocenters. The molecule has 0 bridgehead atoms. The molecule has 1 N–H and O–H groups in total. The average Bonchev–Trinajstić information content (AvgIpc) is 2.80. The summed E-state index contributed by atoms with van der Waals surface area (Å²) in [6.07, 6.45) is 4.60. The fourth-order valence-corrected chi connectivity index (χ4v) is 3.04. The first kappa shape index (κ1) is 13.0. The van der Waals surface area contributed by atoms with Gasteiger partial charge in [0.15, 0.2) is 0 Å². The Morgan fingerprint density at radius 2 is 2.47 bits per heavy atom. The van der Waals surface area contributed by atoms with Crippen molar-refractivity contribution in [2.24, 2.45) is 5.92 Å². The van der Waals surface area contributed by atoms with Gasteiger partial charge in [0, 0.05) is 24.2 Å². The van der Waals surface area contributed by atoms with E-state index in [0.717, 1.165) is 19.0 Å². The third-order valence-electron chi connectivity index (χ3n) is 3.26. The van der Waals surface area contributed by atoms with Gasteiger partial charge in [-0.25, -0.2) is 4.98 Å². The van der Waals surface area contributed by atoms with Gasteiger partial charge >= 0.3 is 0 Å². The van der Waals surface area contributed by atoms with Crippen molar-refractivity contribution >= 4 is 11.3 Å². The predicted octanol–water partition coefficient (Wildman–Crippen LogP) is 2.35. The van der Waals surface area contributed by atoms with Gasteiger partial charge in [-0.05, 0) is 31.8 Å². The third kappa shape index (κ3) is 4.37. The molecule has 0 aliphatic carbocycles. The zero-order valence-corrected chi connectivity index (χ0v) is 11.7. The first-order valence-corrected chi connectivity index (χ1v) is 7.46. The molecule has 96 valence electrons. The maximum absolute atomic E-state index is 4.37. The second-order valence-corrected chi connectivity index (χ2v) is 6.21. The number of hydrogen-bond acceptors (Lipinski definition) is 4. The highest BCUT2D eigenvalue weighted by Crippen LogP contribution is 2.18. The zero-order chi connectivity index (χ0) is 12.1. The van der Waals surface area contributed by atoms with Crippen LogP contribution in [0.1, 0.15) is 31.7 Å². The quantitative estimate of drug-likeness (QED) is 0.873. The standard InChI is InChI=1S/C13H23N3S/c1-11(2)15-8-12-4-3-6-16(9-12)10-13-14-5-7-17-13/h5,7,11-12,15H,3-4,6,8-10H2,1-2H3. The van der Waals surface area contributed by atoms with Crippen LogP contribution in [0, 0.1) is 5.92 Å². The van der Waals surface area contributed by atoms with Gasteiger partial charge in [-0.2, -0.15) is 0 Å². The number of likely N-dealkylation sites (tertiary alicyclic amines) is 1. The number of piperidine rings is 1. The highest BCUT2D eigenvalue weighted by Gasteiger charge is 2.20. The zero-order valence-electron chi connectivity index (χ0n) is 10.9. The lowest BCUT2D eigenvalue weighted by molar-refractivity contribution is 0.164. The normalized spacial score (nSPS) is 22.2. The Kier molecular flexibility index (Phi) is 4.95. The first-order chi connectivity index (χ1) is 8.24. The van der Waals surface area contributed by atoms with Gasteiger partial charge in [-0.3, -0.25) is 4.90 Å². The maximum atomic E-state index is 4.37. The van der Waals surface area contributed by atoms with Crippen molar-refractivity contribution in [3.63, 3.8) is 0 Å². The molecule has 1 aromatic rings. The molecule has 2 heterocycles. The highest BCUT2D eigenvalue weighted by molar-refractivity contribution is 7.09. The van der Waals surface area contributed by atoms with Crippen LogP contribution in [0.25, 0.3) is 0 Å². The number of aromatic nitrogens is 1. The van der Waals surface area contributed by atoms with Crippen molar-refractivity contribution in [1.29, 1.82) is 0 Å². The second-order valence-electron chi connectivity index (χ2n) is 5.23. The number of rotatable bonds is 5. The number of nitrogens with one attached hydrogen (secondary N) is 1. The monoisotopic (exact) mass is 253 g/mol. The Morgan fingerprint density at radius 3 is 3.18 bits per heavy atom. The average molecular weight is 253 g/mol. The summed E-state index contributed by atoms with van der Waals surface area (Å²) < 4.78 is 0. The van der Waals surface area contributed by atoms with Crippen LogP contribution >= 0.6 is 11.3 Å². The molecule has 2 rings (SSSR count). The van der Waals surface area contributed by atoms with Crippen molar-refractivity contribution in [3.05, 3.63) is 16.6 Å². The van der Waals surface area contributed by atoms with E-state index in [-0.39, 0.29) is 0 Å². The van der Waals surface area contributed by atoms with E-state index in [1.54, 1.807) is 11.3 Å². The van der Waals surface area contributed by atoms with Crippen LogP contribution in [0.2, 0.25) is 0 Å². The molecule has 1 saturated heterocycles. The molecule has 0 amide bonds. The molecule has 0 aromatic carbocycles. The molecule has 1 fully saturated rings. The van der Waals surface area contributed by atoms with E-state index in [9.17, 15) is 0 Å². The lowest BCUT2D eigenvalue weighted by Gasteiger charge is -2.32. The maximum Gasteiger partial charge on any atom is 0.107 e. The first-order valence-electron chi connectivity index (χ1n) is 6.58. The van der Waals surface area contributed by atoms with Crippen LogP contribution < -0.4 is 5.32 Å². The largest absolute Gasteiger partial charge is 0.314 e. The van der Waals surface area contributed by atoms with Gasteiger partial charge < -0.3 is 5.32 Å².